The van der Waals surface area contributed by atoms with Gasteiger partial charge in [0.1, 0.15) is 0 Å². The van der Waals surface area contributed by atoms with E-state index in [9.17, 15) is 4.79 Å². The summed E-state index contributed by atoms with van der Waals surface area (Å²) in [5.74, 6) is 1.36. The van der Waals surface area contributed by atoms with Crippen LogP contribution in [0.5, 0.6) is 11.5 Å². The van der Waals surface area contributed by atoms with Gasteiger partial charge in [-0.25, -0.2) is 0 Å². The number of carbonyl (C=O) groups excluding carboxylic acids is 1. The summed E-state index contributed by atoms with van der Waals surface area (Å²) in [6.45, 7) is 5.08. The Labute approximate surface area is 134 Å². The Kier molecular flexibility index (Phi) is 7.53. The lowest BCUT2D eigenvalue weighted by Crippen LogP contribution is -2.40. The van der Waals surface area contributed by atoms with Crippen LogP contribution in [0.2, 0.25) is 0 Å². The van der Waals surface area contributed by atoms with Crippen LogP contribution < -0.4 is 20.1 Å². The standard InChI is InChI=1S/C15H23BrN2O3/c1-5-6-21-14-12(16)7-11(8-13(14)20-4)9-18-10(2)15(19)17-3/h7-8,10,18H,5-6,9H2,1-4H3,(H,17,19). The highest BCUT2D eigenvalue weighted by Crippen LogP contribution is 2.36. The van der Waals surface area contributed by atoms with E-state index < -0.39 is 0 Å². The molecule has 0 radical (unpaired) electrons. The first-order valence-corrected chi connectivity index (χ1v) is 7.76. The van der Waals surface area contributed by atoms with E-state index in [0.29, 0.717) is 24.7 Å². The lowest BCUT2D eigenvalue weighted by Gasteiger charge is -2.16. The second-order valence-corrected chi connectivity index (χ2v) is 5.53. The van der Waals surface area contributed by atoms with Crippen molar-refractivity contribution in [2.24, 2.45) is 0 Å². The van der Waals surface area contributed by atoms with Gasteiger partial charge in [-0.15, -0.1) is 0 Å². The molecule has 1 amide bonds. The van der Waals surface area contributed by atoms with Gasteiger partial charge in [0.25, 0.3) is 0 Å². The number of benzene rings is 1. The zero-order chi connectivity index (χ0) is 15.8. The summed E-state index contributed by atoms with van der Waals surface area (Å²) < 4.78 is 11.9. The minimum Gasteiger partial charge on any atom is -0.493 e. The minimum atomic E-state index is -0.254. The van der Waals surface area contributed by atoms with Crippen molar-refractivity contribution in [3.05, 3.63) is 22.2 Å². The van der Waals surface area contributed by atoms with Crippen molar-refractivity contribution in [2.75, 3.05) is 20.8 Å². The maximum Gasteiger partial charge on any atom is 0.236 e. The normalized spacial score (nSPS) is 11.9. The molecule has 0 aliphatic heterocycles. The maximum atomic E-state index is 11.5. The highest BCUT2D eigenvalue weighted by atomic mass is 79.9. The number of methoxy groups -OCH3 is 1. The van der Waals surface area contributed by atoms with E-state index in [1.165, 1.54) is 0 Å². The second-order valence-electron chi connectivity index (χ2n) is 4.67. The molecule has 0 aliphatic carbocycles. The first kappa shape index (κ1) is 17.8. The molecule has 0 saturated carbocycles. The zero-order valence-corrected chi connectivity index (χ0v) is 14.5. The highest BCUT2D eigenvalue weighted by molar-refractivity contribution is 9.10. The van der Waals surface area contributed by atoms with Crippen LogP contribution >= 0.6 is 15.9 Å². The summed E-state index contributed by atoms with van der Waals surface area (Å²) >= 11 is 3.51. The number of hydrogen-bond acceptors (Lipinski definition) is 4. The van der Waals surface area contributed by atoms with Gasteiger partial charge in [0.05, 0.1) is 24.2 Å². The van der Waals surface area contributed by atoms with Gasteiger partial charge in [0.15, 0.2) is 11.5 Å². The topological polar surface area (TPSA) is 59.6 Å². The summed E-state index contributed by atoms with van der Waals surface area (Å²) in [7, 11) is 3.24. The van der Waals surface area contributed by atoms with Crippen molar-refractivity contribution in [3.63, 3.8) is 0 Å². The average Bonchev–Trinajstić information content (AvgIpc) is 2.50. The highest BCUT2D eigenvalue weighted by Gasteiger charge is 2.14. The summed E-state index contributed by atoms with van der Waals surface area (Å²) in [5, 5.41) is 5.77. The zero-order valence-electron chi connectivity index (χ0n) is 13.0. The van der Waals surface area contributed by atoms with Crippen LogP contribution in [0.3, 0.4) is 0 Å². The molecule has 1 aromatic carbocycles. The molecule has 1 atom stereocenters. The molecule has 5 nitrogen and oxygen atoms in total. The van der Waals surface area contributed by atoms with Crippen molar-refractivity contribution in [1.82, 2.24) is 10.6 Å². The van der Waals surface area contributed by atoms with Crippen LogP contribution in [-0.4, -0.2) is 32.7 Å². The molecule has 1 unspecified atom stereocenters. The molecule has 0 bridgehead atoms. The molecule has 2 N–H and O–H groups in total. The lowest BCUT2D eigenvalue weighted by atomic mass is 10.2. The van der Waals surface area contributed by atoms with Gasteiger partial charge in [-0.05, 0) is 47.0 Å². The molecular weight excluding hydrogens is 336 g/mol. The van der Waals surface area contributed by atoms with Gasteiger partial charge in [0, 0.05) is 13.6 Å². The molecule has 118 valence electrons. The molecule has 0 aliphatic rings. The fourth-order valence-electron chi connectivity index (χ4n) is 1.80. The first-order chi connectivity index (χ1) is 10.0. The van der Waals surface area contributed by atoms with E-state index in [1.807, 2.05) is 19.1 Å². The van der Waals surface area contributed by atoms with Gasteiger partial charge < -0.3 is 20.1 Å². The second kappa shape index (κ2) is 8.89. The molecule has 6 heteroatoms. The van der Waals surface area contributed by atoms with E-state index in [-0.39, 0.29) is 11.9 Å². The van der Waals surface area contributed by atoms with Crippen molar-refractivity contribution >= 4 is 21.8 Å². The number of halogens is 1. The number of hydrogen-bond donors (Lipinski definition) is 2. The predicted molar refractivity (Wildman–Crippen MR) is 86.8 cm³/mol. The molecular formula is C15H23BrN2O3. The van der Waals surface area contributed by atoms with E-state index in [0.717, 1.165) is 16.5 Å². The fraction of sp³-hybridized carbons (Fsp3) is 0.533. The van der Waals surface area contributed by atoms with Crippen molar-refractivity contribution in [1.29, 1.82) is 0 Å². The summed E-state index contributed by atoms with van der Waals surface area (Å²) in [6.07, 6.45) is 0.933. The van der Waals surface area contributed by atoms with Crippen LogP contribution in [0.4, 0.5) is 0 Å². The Hall–Kier alpha value is -1.27. The van der Waals surface area contributed by atoms with E-state index >= 15 is 0 Å². The van der Waals surface area contributed by atoms with Gasteiger partial charge in [-0.2, -0.15) is 0 Å². The smallest absolute Gasteiger partial charge is 0.236 e. The Morgan fingerprint density at radius 3 is 2.71 bits per heavy atom. The minimum absolute atomic E-state index is 0.0380. The largest absolute Gasteiger partial charge is 0.493 e. The third-order valence-electron chi connectivity index (χ3n) is 2.99. The summed E-state index contributed by atoms with van der Waals surface area (Å²) in [4.78, 5) is 11.5. The number of likely N-dealkylation sites (N-methyl/N-ethyl adjacent to an activating group) is 1. The number of carbonyl (C=O) groups is 1. The van der Waals surface area contributed by atoms with Crippen molar-refractivity contribution < 1.29 is 14.3 Å². The molecule has 1 rings (SSSR count). The van der Waals surface area contributed by atoms with Gasteiger partial charge in [0.2, 0.25) is 5.91 Å². The van der Waals surface area contributed by atoms with Crippen molar-refractivity contribution in [3.8, 4) is 11.5 Å². The van der Waals surface area contributed by atoms with Crippen molar-refractivity contribution in [2.45, 2.75) is 32.9 Å². The Morgan fingerprint density at radius 1 is 1.43 bits per heavy atom. The van der Waals surface area contributed by atoms with Crippen LogP contribution in [0.25, 0.3) is 0 Å². The molecule has 0 aromatic heterocycles. The molecule has 0 heterocycles. The fourth-order valence-corrected chi connectivity index (χ4v) is 2.40. The Bertz CT molecular complexity index is 480. The molecule has 0 saturated heterocycles. The molecule has 1 aromatic rings. The van der Waals surface area contributed by atoms with Gasteiger partial charge in [-0.1, -0.05) is 6.92 Å². The van der Waals surface area contributed by atoms with E-state index in [1.54, 1.807) is 14.2 Å². The predicted octanol–water partition coefficient (Wildman–Crippen LogP) is 2.47. The Balaban J connectivity index is 2.81. The number of rotatable bonds is 8. The Morgan fingerprint density at radius 2 is 2.14 bits per heavy atom. The first-order valence-electron chi connectivity index (χ1n) is 6.97. The molecule has 21 heavy (non-hydrogen) atoms. The van der Waals surface area contributed by atoms with Crippen LogP contribution in [0.1, 0.15) is 25.8 Å². The number of amides is 1. The SMILES string of the molecule is CCCOc1c(Br)cc(CNC(C)C(=O)NC)cc1OC. The van der Waals surface area contributed by atoms with E-state index in [4.69, 9.17) is 9.47 Å². The third kappa shape index (κ3) is 5.21. The molecule has 0 spiro atoms. The third-order valence-corrected chi connectivity index (χ3v) is 3.58. The van der Waals surface area contributed by atoms with Gasteiger partial charge in [-0.3, -0.25) is 4.79 Å². The summed E-state index contributed by atoms with van der Waals surface area (Å²) in [6, 6.07) is 3.63. The van der Waals surface area contributed by atoms with E-state index in [2.05, 4.69) is 33.5 Å². The maximum absolute atomic E-state index is 11.5. The van der Waals surface area contributed by atoms with Crippen LogP contribution in [0.15, 0.2) is 16.6 Å². The summed E-state index contributed by atoms with van der Waals surface area (Å²) in [5.41, 5.74) is 1.01. The number of nitrogens with one attached hydrogen (secondary N) is 2. The molecule has 0 fully saturated rings. The quantitative estimate of drug-likeness (QED) is 0.749. The number of ether oxygens (including phenoxy) is 2. The van der Waals surface area contributed by atoms with Gasteiger partial charge >= 0.3 is 0 Å². The lowest BCUT2D eigenvalue weighted by molar-refractivity contribution is -0.122. The van der Waals surface area contributed by atoms with Crippen LogP contribution in [-0.2, 0) is 11.3 Å². The van der Waals surface area contributed by atoms with Crippen LogP contribution in [0, 0.1) is 0 Å². The average molecular weight is 359 g/mol. The monoisotopic (exact) mass is 358 g/mol.